The van der Waals surface area contributed by atoms with Gasteiger partial charge in [0, 0.05) is 54.8 Å². The van der Waals surface area contributed by atoms with Crippen LogP contribution in [0.3, 0.4) is 0 Å². The van der Waals surface area contributed by atoms with Gasteiger partial charge in [-0.3, -0.25) is 19.8 Å². The Bertz CT molecular complexity index is 738. The third kappa shape index (κ3) is 3.63. The van der Waals surface area contributed by atoms with Gasteiger partial charge in [-0.2, -0.15) is 0 Å². The molecule has 1 aromatic heterocycles. The molecule has 1 aromatic carbocycles. The molecule has 24 heavy (non-hydrogen) atoms. The van der Waals surface area contributed by atoms with E-state index in [2.05, 4.69) is 22.4 Å². The third-order valence-electron chi connectivity index (χ3n) is 4.26. The summed E-state index contributed by atoms with van der Waals surface area (Å²) in [6, 6.07) is 8.75. The summed E-state index contributed by atoms with van der Waals surface area (Å²) in [5.41, 5.74) is 1.08. The summed E-state index contributed by atoms with van der Waals surface area (Å²) in [5, 5.41) is 13.0. The van der Waals surface area contributed by atoms with E-state index in [0.717, 1.165) is 19.6 Å². The summed E-state index contributed by atoms with van der Waals surface area (Å²) >= 11 is 1.75. The van der Waals surface area contributed by atoms with Crippen molar-refractivity contribution in [3.63, 3.8) is 0 Å². The van der Waals surface area contributed by atoms with Gasteiger partial charge in [0.1, 0.15) is 0 Å². The lowest BCUT2D eigenvalue weighted by atomic mass is 10.1. The highest BCUT2D eigenvalue weighted by atomic mass is 32.1. The molecule has 1 saturated heterocycles. The standard InChI is InChI=1S/C17H19N3O3S/c1-13-11-14(4-5-16(13)20(22)23)17(21)19-8-6-18(7-9-19)12-15-3-2-10-24-15/h2-5,10-11H,6-9,12H2,1H3. The van der Waals surface area contributed by atoms with Crippen LogP contribution in [0.5, 0.6) is 0 Å². The van der Waals surface area contributed by atoms with Crippen LogP contribution in [0.4, 0.5) is 5.69 Å². The monoisotopic (exact) mass is 345 g/mol. The molecule has 2 heterocycles. The van der Waals surface area contributed by atoms with Gasteiger partial charge in [-0.1, -0.05) is 6.07 Å². The largest absolute Gasteiger partial charge is 0.336 e. The Hall–Kier alpha value is -2.25. The van der Waals surface area contributed by atoms with Crippen molar-refractivity contribution in [2.45, 2.75) is 13.5 Å². The third-order valence-corrected chi connectivity index (χ3v) is 5.12. The summed E-state index contributed by atoms with van der Waals surface area (Å²) in [4.78, 5) is 28.6. The molecule has 0 bridgehead atoms. The van der Waals surface area contributed by atoms with Gasteiger partial charge in [-0.05, 0) is 30.5 Å². The zero-order valence-corrected chi connectivity index (χ0v) is 14.3. The average molecular weight is 345 g/mol. The van der Waals surface area contributed by atoms with E-state index in [-0.39, 0.29) is 11.6 Å². The molecule has 6 nitrogen and oxygen atoms in total. The van der Waals surface area contributed by atoms with Gasteiger partial charge in [0.05, 0.1) is 4.92 Å². The van der Waals surface area contributed by atoms with Gasteiger partial charge in [0.2, 0.25) is 0 Å². The molecule has 1 amide bonds. The maximum Gasteiger partial charge on any atom is 0.272 e. The van der Waals surface area contributed by atoms with Crippen LogP contribution in [0, 0.1) is 17.0 Å². The molecular formula is C17H19N3O3S. The fraction of sp³-hybridized carbons (Fsp3) is 0.353. The predicted molar refractivity (Wildman–Crippen MR) is 93.3 cm³/mol. The molecule has 0 unspecified atom stereocenters. The van der Waals surface area contributed by atoms with Crippen LogP contribution in [0.25, 0.3) is 0 Å². The van der Waals surface area contributed by atoms with E-state index in [0.29, 0.717) is 24.2 Å². The van der Waals surface area contributed by atoms with Crippen molar-refractivity contribution in [3.8, 4) is 0 Å². The molecule has 0 saturated carbocycles. The Kier molecular flexibility index (Phi) is 4.92. The van der Waals surface area contributed by atoms with Crippen LogP contribution in [0.1, 0.15) is 20.8 Å². The fourth-order valence-electron chi connectivity index (χ4n) is 2.91. The van der Waals surface area contributed by atoms with E-state index in [1.54, 1.807) is 30.4 Å². The highest BCUT2D eigenvalue weighted by Gasteiger charge is 2.23. The second-order valence-electron chi connectivity index (χ2n) is 5.91. The smallest absolute Gasteiger partial charge is 0.272 e. The minimum absolute atomic E-state index is 0.0484. The maximum absolute atomic E-state index is 12.6. The second kappa shape index (κ2) is 7.11. The number of thiophene rings is 1. The molecule has 3 rings (SSSR count). The number of hydrogen-bond donors (Lipinski definition) is 0. The Labute approximate surface area is 144 Å². The number of benzene rings is 1. The van der Waals surface area contributed by atoms with Crippen LogP contribution in [-0.4, -0.2) is 46.8 Å². The van der Waals surface area contributed by atoms with Crippen LogP contribution < -0.4 is 0 Å². The number of nitro groups is 1. The van der Waals surface area contributed by atoms with E-state index >= 15 is 0 Å². The number of nitro benzene ring substituents is 1. The number of nitrogens with zero attached hydrogens (tertiary/aromatic N) is 3. The van der Waals surface area contributed by atoms with Crippen LogP contribution in [-0.2, 0) is 6.54 Å². The molecule has 1 fully saturated rings. The Morgan fingerprint density at radius 3 is 2.58 bits per heavy atom. The van der Waals surface area contributed by atoms with Gasteiger partial charge in [0.25, 0.3) is 11.6 Å². The average Bonchev–Trinajstić information content (AvgIpc) is 3.07. The van der Waals surface area contributed by atoms with Gasteiger partial charge in [-0.25, -0.2) is 0 Å². The molecule has 0 radical (unpaired) electrons. The lowest BCUT2D eigenvalue weighted by Crippen LogP contribution is -2.48. The molecule has 0 atom stereocenters. The lowest BCUT2D eigenvalue weighted by molar-refractivity contribution is -0.385. The SMILES string of the molecule is Cc1cc(C(=O)N2CCN(Cc3cccs3)CC2)ccc1[N+](=O)[O-]. The molecule has 1 aliphatic rings. The second-order valence-corrected chi connectivity index (χ2v) is 6.94. The van der Waals surface area contributed by atoms with E-state index in [9.17, 15) is 14.9 Å². The van der Waals surface area contributed by atoms with Crippen molar-refractivity contribution in [1.29, 1.82) is 0 Å². The van der Waals surface area contributed by atoms with Crippen LogP contribution in [0.2, 0.25) is 0 Å². The van der Waals surface area contributed by atoms with Crippen molar-refractivity contribution < 1.29 is 9.72 Å². The number of piperazine rings is 1. The molecule has 0 spiro atoms. The topological polar surface area (TPSA) is 66.7 Å². The van der Waals surface area contributed by atoms with E-state index < -0.39 is 4.92 Å². The first-order valence-electron chi connectivity index (χ1n) is 7.83. The molecule has 0 aliphatic carbocycles. The van der Waals surface area contributed by atoms with Crippen molar-refractivity contribution in [3.05, 3.63) is 61.8 Å². The summed E-state index contributed by atoms with van der Waals surface area (Å²) in [7, 11) is 0. The summed E-state index contributed by atoms with van der Waals surface area (Å²) in [6.07, 6.45) is 0. The molecule has 1 aliphatic heterocycles. The first-order chi connectivity index (χ1) is 11.5. The minimum Gasteiger partial charge on any atom is -0.336 e. The van der Waals surface area contributed by atoms with Gasteiger partial charge in [0.15, 0.2) is 0 Å². The summed E-state index contributed by atoms with van der Waals surface area (Å²) < 4.78 is 0. The van der Waals surface area contributed by atoms with E-state index in [4.69, 9.17) is 0 Å². The number of carbonyl (C=O) groups is 1. The maximum atomic E-state index is 12.6. The normalized spacial score (nSPS) is 15.5. The minimum atomic E-state index is -0.424. The van der Waals surface area contributed by atoms with Crippen molar-refractivity contribution in [1.82, 2.24) is 9.80 Å². The van der Waals surface area contributed by atoms with E-state index in [1.165, 1.54) is 10.9 Å². The molecular weight excluding hydrogens is 326 g/mol. The van der Waals surface area contributed by atoms with Crippen LogP contribution in [0.15, 0.2) is 35.7 Å². The Morgan fingerprint density at radius 2 is 2.00 bits per heavy atom. The quantitative estimate of drug-likeness (QED) is 0.631. The van der Waals surface area contributed by atoms with Gasteiger partial charge < -0.3 is 4.90 Å². The fourth-order valence-corrected chi connectivity index (χ4v) is 3.65. The van der Waals surface area contributed by atoms with Crippen molar-refractivity contribution in [2.75, 3.05) is 26.2 Å². The van der Waals surface area contributed by atoms with Crippen molar-refractivity contribution in [2.24, 2.45) is 0 Å². The predicted octanol–water partition coefficient (Wildman–Crippen LogP) is 2.92. The number of amides is 1. The highest BCUT2D eigenvalue weighted by molar-refractivity contribution is 7.09. The van der Waals surface area contributed by atoms with E-state index in [1.807, 2.05) is 4.90 Å². The molecule has 126 valence electrons. The Morgan fingerprint density at radius 1 is 1.25 bits per heavy atom. The first-order valence-corrected chi connectivity index (χ1v) is 8.71. The van der Waals surface area contributed by atoms with Gasteiger partial charge in [-0.15, -0.1) is 11.3 Å². The van der Waals surface area contributed by atoms with Crippen LogP contribution >= 0.6 is 11.3 Å². The zero-order chi connectivity index (χ0) is 17.1. The number of aryl methyl sites for hydroxylation is 1. The molecule has 7 heteroatoms. The number of carbonyl (C=O) groups excluding carboxylic acids is 1. The number of hydrogen-bond acceptors (Lipinski definition) is 5. The lowest BCUT2D eigenvalue weighted by Gasteiger charge is -2.34. The molecule has 2 aromatic rings. The first kappa shape index (κ1) is 16.6. The highest BCUT2D eigenvalue weighted by Crippen LogP contribution is 2.20. The van der Waals surface area contributed by atoms with Crippen molar-refractivity contribution >= 4 is 22.9 Å². The zero-order valence-electron chi connectivity index (χ0n) is 13.5. The number of rotatable bonds is 4. The molecule has 0 N–H and O–H groups in total. The Balaban J connectivity index is 1.61. The summed E-state index contributed by atoms with van der Waals surface area (Å²) in [6.45, 7) is 5.63. The van der Waals surface area contributed by atoms with Gasteiger partial charge >= 0.3 is 0 Å². The summed E-state index contributed by atoms with van der Waals surface area (Å²) in [5.74, 6) is -0.0521.